The van der Waals surface area contributed by atoms with Crippen LogP contribution in [0.15, 0.2) is 72.8 Å². The fourth-order valence-electron chi connectivity index (χ4n) is 4.57. The van der Waals surface area contributed by atoms with Crippen LogP contribution in [0.4, 0.5) is 4.79 Å². The highest BCUT2D eigenvalue weighted by molar-refractivity contribution is 5.81. The predicted molar refractivity (Wildman–Crippen MR) is 128 cm³/mol. The van der Waals surface area contributed by atoms with E-state index >= 15 is 0 Å². The van der Waals surface area contributed by atoms with Gasteiger partial charge in [0.15, 0.2) is 0 Å². The van der Waals surface area contributed by atoms with Gasteiger partial charge in [-0.1, -0.05) is 85.3 Å². The van der Waals surface area contributed by atoms with Crippen molar-refractivity contribution < 1.29 is 19.4 Å². The number of rotatable bonds is 8. The van der Waals surface area contributed by atoms with Gasteiger partial charge in [-0.05, 0) is 41.2 Å². The molecule has 0 unspecified atom stereocenters. The van der Waals surface area contributed by atoms with Crippen molar-refractivity contribution in [3.05, 3.63) is 95.1 Å². The molecule has 4 rings (SSSR count). The van der Waals surface area contributed by atoms with Crippen molar-refractivity contribution in [2.75, 3.05) is 13.2 Å². The number of benzene rings is 3. The average molecular weight is 444 g/mol. The Morgan fingerprint density at radius 2 is 1.52 bits per heavy atom. The lowest BCUT2D eigenvalue weighted by atomic mass is 9.98. The van der Waals surface area contributed by atoms with Gasteiger partial charge in [0.2, 0.25) is 0 Å². The molecule has 1 N–H and O–H groups in total. The molecule has 1 atom stereocenters. The van der Waals surface area contributed by atoms with Crippen LogP contribution >= 0.6 is 0 Å². The summed E-state index contributed by atoms with van der Waals surface area (Å²) in [6.45, 7) is 4.40. The van der Waals surface area contributed by atoms with Gasteiger partial charge < -0.3 is 9.84 Å². The summed E-state index contributed by atoms with van der Waals surface area (Å²) in [6.07, 6.45) is 0.292. The summed E-state index contributed by atoms with van der Waals surface area (Å²) in [5.74, 6) is -1.09. The van der Waals surface area contributed by atoms with Crippen molar-refractivity contribution >= 4 is 12.1 Å². The third-order valence-electron chi connectivity index (χ3n) is 6.25. The highest BCUT2D eigenvalue weighted by Crippen LogP contribution is 2.44. The van der Waals surface area contributed by atoms with Gasteiger partial charge in [-0.25, -0.2) is 9.59 Å². The van der Waals surface area contributed by atoms with E-state index in [1.165, 1.54) is 4.90 Å². The first kappa shape index (κ1) is 22.6. The third kappa shape index (κ3) is 4.77. The minimum Gasteiger partial charge on any atom is -0.480 e. The zero-order valence-electron chi connectivity index (χ0n) is 19.0. The van der Waals surface area contributed by atoms with Crippen molar-refractivity contribution in [3.63, 3.8) is 0 Å². The van der Waals surface area contributed by atoms with Crippen molar-refractivity contribution in [1.29, 1.82) is 0 Å². The van der Waals surface area contributed by atoms with Gasteiger partial charge in [-0.15, -0.1) is 0 Å². The molecule has 0 heterocycles. The molecule has 0 fully saturated rings. The van der Waals surface area contributed by atoms with Crippen molar-refractivity contribution in [2.24, 2.45) is 0 Å². The molecule has 0 saturated heterocycles. The number of amides is 1. The molecule has 170 valence electrons. The van der Waals surface area contributed by atoms with Gasteiger partial charge in [0.25, 0.3) is 0 Å². The summed E-state index contributed by atoms with van der Waals surface area (Å²) in [6, 6.07) is 23.0. The molecular formula is C28H29NO4. The maximum absolute atomic E-state index is 13.1. The molecule has 0 radical (unpaired) electrons. The van der Waals surface area contributed by atoms with E-state index in [1.54, 1.807) is 0 Å². The molecule has 1 amide bonds. The Morgan fingerprint density at radius 3 is 2.06 bits per heavy atom. The SMILES string of the molecule is CCCN(C(=O)OCC1c2ccccc2-c2ccccc21)[C@@H](Cc1ccc(C)cc1)C(=O)O. The van der Waals surface area contributed by atoms with Crippen LogP contribution < -0.4 is 0 Å². The van der Waals surface area contributed by atoms with Crippen LogP contribution in [0.5, 0.6) is 0 Å². The quantitative estimate of drug-likeness (QED) is 0.488. The Hall–Kier alpha value is -3.60. The highest BCUT2D eigenvalue weighted by atomic mass is 16.6. The van der Waals surface area contributed by atoms with Gasteiger partial charge in [0.05, 0.1) is 0 Å². The minimum absolute atomic E-state index is 0.0646. The van der Waals surface area contributed by atoms with Crippen LogP contribution in [0, 0.1) is 6.92 Å². The van der Waals surface area contributed by atoms with Crippen LogP contribution in [-0.2, 0) is 16.0 Å². The van der Waals surface area contributed by atoms with Crippen molar-refractivity contribution in [3.8, 4) is 11.1 Å². The summed E-state index contributed by atoms with van der Waals surface area (Å²) in [7, 11) is 0. The van der Waals surface area contributed by atoms with Crippen molar-refractivity contribution in [1.82, 2.24) is 4.90 Å². The molecule has 1 aliphatic rings. The van der Waals surface area contributed by atoms with Crippen LogP contribution in [0.25, 0.3) is 11.1 Å². The highest BCUT2D eigenvalue weighted by Gasteiger charge is 2.33. The van der Waals surface area contributed by atoms with Crippen LogP contribution in [0.3, 0.4) is 0 Å². The summed E-state index contributed by atoms with van der Waals surface area (Å²) in [4.78, 5) is 26.6. The lowest BCUT2D eigenvalue weighted by Crippen LogP contribution is -2.47. The molecule has 0 saturated carbocycles. The average Bonchev–Trinajstić information content (AvgIpc) is 3.14. The van der Waals surface area contributed by atoms with Crippen LogP contribution in [0.1, 0.15) is 41.5 Å². The zero-order chi connectivity index (χ0) is 23.4. The first-order valence-electron chi connectivity index (χ1n) is 11.4. The molecule has 3 aromatic carbocycles. The number of hydrogen-bond donors (Lipinski definition) is 1. The Bertz CT molecular complexity index is 1090. The van der Waals surface area contributed by atoms with E-state index < -0.39 is 18.1 Å². The van der Waals surface area contributed by atoms with Gasteiger partial charge in [-0.2, -0.15) is 0 Å². The van der Waals surface area contributed by atoms with Crippen LogP contribution in [-0.4, -0.2) is 41.3 Å². The Labute approximate surface area is 194 Å². The van der Waals surface area contributed by atoms with Gasteiger partial charge >= 0.3 is 12.1 Å². The number of carboxylic acid groups (broad SMARTS) is 1. The standard InChI is InChI=1S/C28H29NO4/c1-3-16-29(26(27(30)31)17-20-14-12-19(2)13-15-20)28(32)33-18-25-23-10-6-4-8-21(23)22-9-5-7-11-24(22)25/h4-15,25-26H,3,16-18H2,1-2H3,(H,30,31)/t26-/m0/s1. The lowest BCUT2D eigenvalue weighted by Gasteiger charge is -2.28. The number of aliphatic carboxylic acids is 1. The molecule has 0 aliphatic heterocycles. The predicted octanol–water partition coefficient (Wildman–Crippen LogP) is 5.65. The normalized spacial score (nSPS) is 13.2. The number of hydrogen-bond acceptors (Lipinski definition) is 3. The van der Waals surface area contributed by atoms with Gasteiger partial charge in [-0.3, -0.25) is 4.90 Å². The van der Waals surface area contributed by atoms with E-state index in [0.717, 1.165) is 33.4 Å². The smallest absolute Gasteiger partial charge is 0.410 e. The van der Waals surface area contributed by atoms with E-state index in [9.17, 15) is 14.7 Å². The van der Waals surface area contributed by atoms with Crippen molar-refractivity contribution in [2.45, 2.75) is 38.6 Å². The molecule has 3 aromatic rings. The summed E-state index contributed by atoms with van der Waals surface area (Å²) < 4.78 is 5.77. The Morgan fingerprint density at radius 1 is 0.939 bits per heavy atom. The number of ether oxygens (including phenoxy) is 1. The summed E-state index contributed by atoms with van der Waals surface area (Å²) in [5, 5.41) is 9.93. The molecule has 33 heavy (non-hydrogen) atoms. The fraction of sp³-hybridized carbons (Fsp3) is 0.286. The molecule has 0 aromatic heterocycles. The Kier molecular flexibility index (Phi) is 6.78. The number of fused-ring (bicyclic) bond motifs is 3. The largest absolute Gasteiger partial charge is 0.480 e. The van der Waals surface area contributed by atoms with E-state index in [1.807, 2.05) is 62.4 Å². The minimum atomic E-state index is -1.03. The number of nitrogens with zero attached hydrogens (tertiary/aromatic N) is 1. The third-order valence-corrected chi connectivity index (χ3v) is 6.25. The first-order valence-corrected chi connectivity index (χ1v) is 11.4. The number of carbonyl (C=O) groups excluding carboxylic acids is 1. The summed E-state index contributed by atoms with van der Waals surface area (Å²) in [5.41, 5.74) is 6.55. The van der Waals surface area contributed by atoms with Crippen LogP contribution in [0.2, 0.25) is 0 Å². The number of aryl methyl sites for hydroxylation is 1. The zero-order valence-corrected chi connectivity index (χ0v) is 19.0. The monoisotopic (exact) mass is 443 g/mol. The van der Waals surface area contributed by atoms with Gasteiger partial charge in [0, 0.05) is 18.9 Å². The van der Waals surface area contributed by atoms with Gasteiger partial charge in [0.1, 0.15) is 12.6 Å². The maximum atomic E-state index is 13.1. The Balaban J connectivity index is 1.52. The number of carbonyl (C=O) groups is 2. The second kappa shape index (κ2) is 9.90. The maximum Gasteiger partial charge on any atom is 0.410 e. The lowest BCUT2D eigenvalue weighted by molar-refractivity contribution is -0.142. The van der Waals surface area contributed by atoms with E-state index in [0.29, 0.717) is 13.0 Å². The molecule has 0 bridgehead atoms. The number of carboxylic acids is 1. The van der Waals surface area contributed by atoms with E-state index in [2.05, 4.69) is 24.3 Å². The molecule has 0 spiro atoms. The topological polar surface area (TPSA) is 66.8 Å². The first-order chi connectivity index (χ1) is 16.0. The second-order valence-electron chi connectivity index (χ2n) is 8.54. The molecule has 5 heteroatoms. The molecular weight excluding hydrogens is 414 g/mol. The molecule has 5 nitrogen and oxygen atoms in total. The fourth-order valence-corrected chi connectivity index (χ4v) is 4.57. The van der Waals surface area contributed by atoms with E-state index in [-0.39, 0.29) is 18.9 Å². The molecule has 1 aliphatic carbocycles. The second-order valence-corrected chi connectivity index (χ2v) is 8.54. The van der Waals surface area contributed by atoms with E-state index in [4.69, 9.17) is 4.74 Å². The summed E-state index contributed by atoms with van der Waals surface area (Å²) >= 11 is 0.